The Labute approximate surface area is 72.2 Å². The molecule has 4 atom stereocenters. The predicted octanol–water partition coefficient (Wildman–Crippen LogP) is -1.07. The molecule has 0 bridgehead atoms. The van der Waals surface area contributed by atoms with E-state index < -0.39 is 0 Å². The first-order chi connectivity index (χ1) is 5.86. The van der Waals surface area contributed by atoms with Gasteiger partial charge in [-0.15, -0.1) is 0 Å². The highest BCUT2D eigenvalue weighted by atomic mass is 16.6. The van der Waals surface area contributed by atoms with Crippen LogP contribution in [-0.4, -0.2) is 38.5 Å². The van der Waals surface area contributed by atoms with E-state index in [9.17, 15) is 0 Å². The van der Waals surface area contributed by atoms with Crippen LogP contribution in [0.25, 0.3) is 0 Å². The minimum atomic E-state index is 0.212. The van der Waals surface area contributed by atoms with Crippen LogP contribution in [0.1, 0.15) is 0 Å². The molecule has 2 saturated heterocycles. The van der Waals surface area contributed by atoms with E-state index in [0.29, 0.717) is 24.9 Å². The Morgan fingerprint density at radius 2 is 1.33 bits per heavy atom. The van der Waals surface area contributed by atoms with E-state index in [1.165, 1.54) is 0 Å². The van der Waals surface area contributed by atoms with E-state index in [1.54, 1.807) is 0 Å². The first-order valence-corrected chi connectivity index (χ1v) is 4.50. The van der Waals surface area contributed by atoms with Gasteiger partial charge in [0, 0.05) is 11.8 Å². The SMILES string of the molecule is NCC1CO[C@@H]2C(CN)CO[C@H]12. The third-order valence-corrected chi connectivity index (χ3v) is 2.86. The quantitative estimate of drug-likeness (QED) is 0.556. The van der Waals surface area contributed by atoms with Crippen LogP contribution in [-0.2, 0) is 9.47 Å². The summed E-state index contributed by atoms with van der Waals surface area (Å²) in [6.07, 6.45) is 0.423. The van der Waals surface area contributed by atoms with E-state index in [4.69, 9.17) is 20.9 Å². The second-order valence-corrected chi connectivity index (χ2v) is 3.59. The fraction of sp³-hybridized carbons (Fsp3) is 1.00. The zero-order valence-electron chi connectivity index (χ0n) is 7.11. The fourth-order valence-corrected chi connectivity index (χ4v) is 2.06. The van der Waals surface area contributed by atoms with Crippen molar-refractivity contribution in [2.75, 3.05) is 26.3 Å². The Morgan fingerprint density at radius 3 is 1.67 bits per heavy atom. The second kappa shape index (κ2) is 3.30. The molecule has 2 aliphatic heterocycles. The molecule has 0 amide bonds. The predicted molar refractivity (Wildman–Crippen MR) is 44.6 cm³/mol. The van der Waals surface area contributed by atoms with Crippen LogP contribution in [0.5, 0.6) is 0 Å². The summed E-state index contributed by atoms with van der Waals surface area (Å²) in [5, 5.41) is 0. The van der Waals surface area contributed by atoms with Crippen molar-refractivity contribution >= 4 is 0 Å². The van der Waals surface area contributed by atoms with Gasteiger partial charge in [-0.2, -0.15) is 0 Å². The summed E-state index contributed by atoms with van der Waals surface area (Å²) >= 11 is 0. The largest absolute Gasteiger partial charge is 0.375 e. The maximum atomic E-state index is 5.60. The van der Waals surface area contributed by atoms with Gasteiger partial charge >= 0.3 is 0 Å². The molecule has 70 valence electrons. The lowest BCUT2D eigenvalue weighted by molar-refractivity contribution is 0.0615. The Morgan fingerprint density at radius 1 is 0.917 bits per heavy atom. The minimum Gasteiger partial charge on any atom is -0.375 e. The smallest absolute Gasteiger partial charge is 0.0903 e. The molecule has 4 N–H and O–H groups in total. The van der Waals surface area contributed by atoms with Crippen molar-refractivity contribution in [3.63, 3.8) is 0 Å². The molecule has 0 aromatic rings. The van der Waals surface area contributed by atoms with E-state index in [2.05, 4.69) is 0 Å². The van der Waals surface area contributed by atoms with Gasteiger partial charge in [0.1, 0.15) is 0 Å². The summed E-state index contributed by atoms with van der Waals surface area (Å²) in [6, 6.07) is 0. The van der Waals surface area contributed by atoms with Crippen molar-refractivity contribution in [2.45, 2.75) is 12.2 Å². The number of hydrogen-bond donors (Lipinski definition) is 2. The summed E-state index contributed by atoms with van der Waals surface area (Å²) in [6.45, 7) is 2.78. The molecule has 2 unspecified atom stereocenters. The van der Waals surface area contributed by atoms with Crippen LogP contribution in [0, 0.1) is 11.8 Å². The Bertz CT molecular complexity index is 147. The molecule has 2 rings (SSSR count). The van der Waals surface area contributed by atoms with Crippen molar-refractivity contribution in [2.24, 2.45) is 23.3 Å². The summed E-state index contributed by atoms with van der Waals surface area (Å²) in [5.41, 5.74) is 11.2. The molecule has 0 aromatic heterocycles. The Hall–Kier alpha value is -0.160. The number of hydrogen-bond acceptors (Lipinski definition) is 4. The molecule has 4 heteroatoms. The second-order valence-electron chi connectivity index (χ2n) is 3.59. The number of nitrogens with two attached hydrogens (primary N) is 2. The van der Waals surface area contributed by atoms with Crippen molar-refractivity contribution in [3.8, 4) is 0 Å². The van der Waals surface area contributed by atoms with Gasteiger partial charge < -0.3 is 20.9 Å². The van der Waals surface area contributed by atoms with E-state index >= 15 is 0 Å². The molecule has 2 aliphatic rings. The van der Waals surface area contributed by atoms with Gasteiger partial charge in [-0.05, 0) is 13.1 Å². The van der Waals surface area contributed by atoms with Crippen LogP contribution >= 0.6 is 0 Å². The molecule has 0 saturated carbocycles. The molecular formula is C8H16N2O2. The maximum absolute atomic E-state index is 5.60. The highest BCUT2D eigenvalue weighted by Gasteiger charge is 2.46. The summed E-state index contributed by atoms with van der Waals surface area (Å²) in [5.74, 6) is 0.762. The van der Waals surface area contributed by atoms with Gasteiger partial charge in [0.05, 0.1) is 25.4 Å². The molecule has 4 nitrogen and oxygen atoms in total. The molecule has 0 spiro atoms. The number of fused-ring (bicyclic) bond motifs is 1. The van der Waals surface area contributed by atoms with Crippen molar-refractivity contribution in [3.05, 3.63) is 0 Å². The van der Waals surface area contributed by atoms with Crippen molar-refractivity contribution < 1.29 is 9.47 Å². The first kappa shape index (κ1) is 8.44. The van der Waals surface area contributed by atoms with Crippen molar-refractivity contribution in [1.29, 1.82) is 0 Å². The van der Waals surface area contributed by atoms with Crippen LogP contribution in [0.15, 0.2) is 0 Å². The first-order valence-electron chi connectivity index (χ1n) is 4.50. The third kappa shape index (κ3) is 1.15. The lowest BCUT2D eigenvalue weighted by Gasteiger charge is -2.14. The average molecular weight is 172 g/mol. The van der Waals surface area contributed by atoms with Crippen LogP contribution in [0.4, 0.5) is 0 Å². The molecule has 0 aromatic carbocycles. The van der Waals surface area contributed by atoms with Gasteiger partial charge in [-0.1, -0.05) is 0 Å². The standard InChI is InChI=1S/C8H16N2O2/c9-1-5-3-11-8-6(2-10)4-12-7(5)8/h5-8H,1-4,9-10H2/t5?,6?,7-,8-/m1/s1. The Balaban J connectivity index is 2.01. The highest BCUT2D eigenvalue weighted by Crippen LogP contribution is 2.33. The van der Waals surface area contributed by atoms with Crippen LogP contribution in [0.2, 0.25) is 0 Å². The highest BCUT2D eigenvalue weighted by molar-refractivity contribution is 4.94. The van der Waals surface area contributed by atoms with E-state index in [1.807, 2.05) is 0 Å². The summed E-state index contributed by atoms with van der Waals surface area (Å²) in [7, 11) is 0. The van der Waals surface area contributed by atoms with Gasteiger partial charge in [-0.25, -0.2) is 0 Å². The normalized spacial score (nSPS) is 46.5. The number of ether oxygens (including phenoxy) is 2. The van der Waals surface area contributed by atoms with Gasteiger partial charge in [-0.3, -0.25) is 0 Å². The zero-order valence-corrected chi connectivity index (χ0v) is 7.11. The zero-order chi connectivity index (χ0) is 8.55. The molecule has 2 fully saturated rings. The van der Waals surface area contributed by atoms with Gasteiger partial charge in [0.2, 0.25) is 0 Å². The molecule has 0 radical (unpaired) electrons. The molecule has 2 heterocycles. The lowest BCUT2D eigenvalue weighted by atomic mass is 9.97. The van der Waals surface area contributed by atoms with Crippen LogP contribution in [0.3, 0.4) is 0 Å². The minimum absolute atomic E-state index is 0.212. The fourth-order valence-electron chi connectivity index (χ4n) is 2.06. The topological polar surface area (TPSA) is 70.5 Å². The lowest BCUT2D eigenvalue weighted by Crippen LogP contribution is -2.32. The monoisotopic (exact) mass is 172 g/mol. The third-order valence-electron chi connectivity index (χ3n) is 2.86. The summed E-state index contributed by atoms with van der Waals surface area (Å²) < 4.78 is 11.2. The number of rotatable bonds is 2. The van der Waals surface area contributed by atoms with E-state index in [0.717, 1.165) is 13.2 Å². The maximum Gasteiger partial charge on any atom is 0.0903 e. The summed E-state index contributed by atoms with van der Waals surface area (Å²) in [4.78, 5) is 0. The molecule has 12 heavy (non-hydrogen) atoms. The molecule has 0 aliphatic carbocycles. The Kier molecular flexibility index (Phi) is 2.32. The van der Waals surface area contributed by atoms with Gasteiger partial charge in [0.25, 0.3) is 0 Å². The van der Waals surface area contributed by atoms with Crippen molar-refractivity contribution in [1.82, 2.24) is 0 Å². The van der Waals surface area contributed by atoms with E-state index in [-0.39, 0.29) is 12.2 Å². The van der Waals surface area contributed by atoms with Gasteiger partial charge in [0.15, 0.2) is 0 Å². The average Bonchev–Trinajstić information content (AvgIpc) is 2.62. The molecular weight excluding hydrogens is 156 g/mol. The van der Waals surface area contributed by atoms with Crippen LogP contribution < -0.4 is 11.5 Å².